The lowest BCUT2D eigenvalue weighted by Crippen LogP contribution is -2.50. The number of anilines is 1. The molecule has 216 valence electrons. The lowest BCUT2D eigenvalue weighted by atomic mass is 9.99. The third kappa shape index (κ3) is 6.45. The zero-order chi connectivity index (χ0) is 29.2. The number of thiophene rings is 1. The van der Waals surface area contributed by atoms with Crippen LogP contribution in [-0.2, 0) is 20.0 Å². The van der Waals surface area contributed by atoms with Gasteiger partial charge >= 0.3 is 0 Å². The Bertz CT molecular complexity index is 1560. The minimum absolute atomic E-state index is 0.00131. The number of ether oxygens (including phenoxy) is 1. The molecule has 1 aromatic heterocycles. The minimum Gasteiger partial charge on any atom is -0.488 e. The van der Waals surface area contributed by atoms with Gasteiger partial charge in [-0.2, -0.15) is 4.31 Å². The van der Waals surface area contributed by atoms with Gasteiger partial charge in [-0.1, -0.05) is 24.6 Å². The molecule has 0 fully saturated rings. The van der Waals surface area contributed by atoms with Gasteiger partial charge in [0.25, 0.3) is 26.0 Å². The van der Waals surface area contributed by atoms with Gasteiger partial charge in [-0.15, -0.1) is 11.3 Å². The molecular formula is C26H30ClN3O7S3. The first kappa shape index (κ1) is 30.3. The predicted octanol–water partition coefficient (Wildman–Crippen LogP) is 3.74. The summed E-state index contributed by atoms with van der Waals surface area (Å²) in [5, 5.41) is 11.9. The molecule has 1 aliphatic heterocycles. The Hall–Kier alpha value is -2.68. The third-order valence-electron chi connectivity index (χ3n) is 6.64. The quantitative estimate of drug-likeness (QED) is 0.369. The number of likely N-dealkylation sites (N-methyl/N-ethyl adjacent to an activating group) is 1. The molecule has 2 aromatic carbocycles. The highest BCUT2D eigenvalue weighted by molar-refractivity contribution is 7.92. The molecule has 0 unspecified atom stereocenters. The number of nitrogens with one attached hydrogen (secondary N) is 1. The van der Waals surface area contributed by atoms with E-state index in [1.165, 1.54) is 64.8 Å². The van der Waals surface area contributed by atoms with Crippen LogP contribution in [0.3, 0.4) is 0 Å². The molecule has 2 N–H and O–H groups in total. The number of rotatable bonds is 9. The number of nitrogens with zero attached hydrogens (tertiary/aromatic N) is 2. The maximum absolute atomic E-state index is 13.6. The van der Waals surface area contributed by atoms with Crippen LogP contribution >= 0.6 is 22.9 Å². The summed E-state index contributed by atoms with van der Waals surface area (Å²) in [5.41, 5.74) is 0.210. The first-order valence-corrected chi connectivity index (χ1v) is 16.5. The van der Waals surface area contributed by atoms with E-state index in [0.717, 1.165) is 11.3 Å². The fraction of sp³-hybridized carbons (Fsp3) is 0.346. The summed E-state index contributed by atoms with van der Waals surface area (Å²) >= 11 is 6.99. The van der Waals surface area contributed by atoms with Crippen LogP contribution in [0.15, 0.2) is 69.1 Å². The van der Waals surface area contributed by atoms with Crippen molar-refractivity contribution in [3.8, 4) is 5.75 Å². The molecule has 4 rings (SSSR count). The Morgan fingerprint density at radius 1 is 1.18 bits per heavy atom. The molecule has 0 spiro atoms. The van der Waals surface area contributed by atoms with Crippen molar-refractivity contribution >= 4 is 54.6 Å². The van der Waals surface area contributed by atoms with Gasteiger partial charge in [-0.05, 0) is 60.8 Å². The van der Waals surface area contributed by atoms with Crippen molar-refractivity contribution in [1.82, 2.24) is 9.21 Å². The van der Waals surface area contributed by atoms with Crippen molar-refractivity contribution in [3.63, 3.8) is 0 Å². The van der Waals surface area contributed by atoms with E-state index in [9.17, 15) is 26.7 Å². The van der Waals surface area contributed by atoms with E-state index in [-0.39, 0.29) is 51.7 Å². The van der Waals surface area contributed by atoms with E-state index >= 15 is 0 Å². The van der Waals surface area contributed by atoms with Crippen molar-refractivity contribution in [3.05, 3.63) is 70.6 Å². The van der Waals surface area contributed by atoms with Crippen molar-refractivity contribution in [2.24, 2.45) is 5.92 Å². The number of carbonyl (C=O) groups excluding carboxylic acids is 1. The zero-order valence-electron chi connectivity index (χ0n) is 22.0. The minimum atomic E-state index is -3.99. The molecule has 1 amide bonds. The van der Waals surface area contributed by atoms with Crippen LogP contribution in [0.2, 0.25) is 5.02 Å². The Morgan fingerprint density at radius 2 is 1.88 bits per heavy atom. The van der Waals surface area contributed by atoms with Gasteiger partial charge in [0.2, 0.25) is 0 Å². The molecule has 40 heavy (non-hydrogen) atoms. The molecule has 0 saturated heterocycles. The monoisotopic (exact) mass is 627 g/mol. The van der Waals surface area contributed by atoms with Crippen LogP contribution in [0.1, 0.15) is 24.2 Å². The smallest absolute Gasteiger partial charge is 0.261 e. The van der Waals surface area contributed by atoms with Gasteiger partial charge in [0.05, 0.1) is 29.7 Å². The number of aliphatic hydroxyl groups excluding tert-OH is 1. The van der Waals surface area contributed by atoms with E-state index in [4.69, 9.17) is 16.3 Å². The zero-order valence-corrected chi connectivity index (χ0v) is 25.2. The Balaban J connectivity index is 1.68. The van der Waals surface area contributed by atoms with Crippen LogP contribution in [0, 0.1) is 5.92 Å². The average molecular weight is 628 g/mol. The van der Waals surface area contributed by atoms with Gasteiger partial charge in [0, 0.05) is 30.2 Å². The highest BCUT2D eigenvalue weighted by atomic mass is 35.5. The molecule has 14 heteroatoms. The molecule has 0 radical (unpaired) electrons. The van der Waals surface area contributed by atoms with Crippen LogP contribution in [0.4, 0.5) is 5.69 Å². The number of fused-ring (bicyclic) bond motifs is 1. The molecule has 1 aliphatic rings. The highest BCUT2D eigenvalue weighted by Gasteiger charge is 2.35. The second-order valence-corrected chi connectivity index (χ2v) is 14.9. The van der Waals surface area contributed by atoms with Crippen molar-refractivity contribution in [2.45, 2.75) is 35.1 Å². The van der Waals surface area contributed by atoms with Gasteiger partial charge in [-0.3, -0.25) is 9.52 Å². The second kappa shape index (κ2) is 12.0. The summed E-state index contributed by atoms with van der Waals surface area (Å²) in [6.07, 6.45) is -0.656. The van der Waals surface area contributed by atoms with E-state index in [1.807, 2.05) is 6.92 Å². The molecule has 10 nitrogen and oxygen atoms in total. The highest BCUT2D eigenvalue weighted by Crippen LogP contribution is 2.32. The van der Waals surface area contributed by atoms with Crippen LogP contribution in [0.5, 0.6) is 5.75 Å². The SMILES string of the molecule is C[C@H]1CN([C@@H](C)CO)C(=O)c2cc(NS(=O)(=O)c3ccc(Cl)cc3)ccc2O[C@@H]1CN(C)S(=O)(=O)c1cccs1. The molecule has 0 bridgehead atoms. The number of benzene rings is 2. The maximum Gasteiger partial charge on any atom is 0.261 e. The van der Waals surface area contributed by atoms with Crippen LogP contribution in [0.25, 0.3) is 0 Å². The fourth-order valence-electron chi connectivity index (χ4n) is 4.25. The first-order chi connectivity index (χ1) is 18.8. The van der Waals surface area contributed by atoms with E-state index in [0.29, 0.717) is 5.02 Å². The van der Waals surface area contributed by atoms with Gasteiger partial charge < -0.3 is 14.7 Å². The topological polar surface area (TPSA) is 133 Å². The number of halogens is 1. The Labute approximate surface area is 243 Å². The number of amides is 1. The van der Waals surface area contributed by atoms with E-state index in [2.05, 4.69) is 4.72 Å². The first-order valence-electron chi connectivity index (χ1n) is 12.3. The van der Waals surface area contributed by atoms with Crippen molar-refractivity contribution in [2.75, 3.05) is 31.5 Å². The second-order valence-electron chi connectivity index (χ2n) is 9.61. The number of sulfonamides is 2. The number of hydrogen-bond donors (Lipinski definition) is 2. The number of carbonyl (C=O) groups is 1. The predicted molar refractivity (Wildman–Crippen MR) is 154 cm³/mol. The summed E-state index contributed by atoms with van der Waals surface area (Å²) < 4.78 is 62.2. The van der Waals surface area contributed by atoms with E-state index in [1.54, 1.807) is 18.4 Å². The van der Waals surface area contributed by atoms with Gasteiger partial charge in [0.1, 0.15) is 16.1 Å². The molecule has 0 aliphatic carbocycles. The summed E-state index contributed by atoms with van der Waals surface area (Å²) in [6.45, 7) is 3.43. The molecular weight excluding hydrogens is 598 g/mol. The van der Waals surface area contributed by atoms with Crippen LogP contribution < -0.4 is 9.46 Å². The average Bonchev–Trinajstić information content (AvgIpc) is 3.47. The maximum atomic E-state index is 13.6. The lowest BCUT2D eigenvalue weighted by molar-refractivity contribution is 0.0387. The Kier molecular flexibility index (Phi) is 9.12. The normalized spacial score (nSPS) is 18.9. The van der Waals surface area contributed by atoms with Crippen LogP contribution in [-0.4, -0.2) is 75.9 Å². The summed E-state index contributed by atoms with van der Waals surface area (Å²) in [4.78, 5) is 15.1. The van der Waals surface area contributed by atoms with E-state index < -0.39 is 38.1 Å². The summed E-state index contributed by atoms with van der Waals surface area (Å²) in [5.74, 6) is -0.586. The molecule has 0 saturated carbocycles. The van der Waals surface area contributed by atoms with Crippen molar-refractivity contribution in [1.29, 1.82) is 0 Å². The number of hydrogen-bond acceptors (Lipinski definition) is 8. The summed E-state index contributed by atoms with van der Waals surface area (Å²) in [6, 6.07) is 12.6. The largest absolute Gasteiger partial charge is 0.488 e. The third-order valence-corrected chi connectivity index (χ3v) is 11.5. The standard InChI is InChI=1S/C26H30ClN3O7S3/c1-17-14-30(18(2)16-31)26(32)22-13-20(28-39(33,34)21-9-6-19(27)7-10-21)8-11-23(22)37-24(17)15-29(3)40(35,36)25-5-4-12-38-25/h4-13,17-18,24,28,31H,14-16H2,1-3H3/t17-,18-,24+/m0/s1. The van der Waals surface area contributed by atoms with Gasteiger partial charge in [-0.25, -0.2) is 16.8 Å². The number of aliphatic hydroxyl groups is 1. The molecule has 3 aromatic rings. The summed E-state index contributed by atoms with van der Waals surface area (Å²) in [7, 11) is -6.27. The fourth-order valence-corrected chi connectivity index (χ4v) is 7.81. The lowest BCUT2D eigenvalue weighted by Gasteiger charge is -2.38. The molecule has 3 atom stereocenters. The van der Waals surface area contributed by atoms with Crippen molar-refractivity contribution < 1.29 is 31.5 Å². The Morgan fingerprint density at radius 3 is 2.50 bits per heavy atom. The molecule has 2 heterocycles. The van der Waals surface area contributed by atoms with Gasteiger partial charge in [0.15, 0.2) is 0 Å².